The van der Waals surface area contributed by atoms with Crippen LogP contribution in [0.1, 0.15) is 0 Å². The quantitative estimate of drug-likeness (QED) is 0.617. The van der Waals surface area contributed by atoms with Crippen molar-refractivity contribution < 1.29 is 44.8 Å². The maximum absolute atomic E-state index is 3.72. The van der Waals surface area contributed by atoms with Crippen LogP contribution in [0.4, 0.5) is 0 Å². The average Bonchev–Trinajstić information content (AvgIpc) is 1.72. The molecule has 9 heavy (non-hydrogen) atoms. The molecule has 0 aliphatic carbocycles. The second kappa shape index (κ2) is 11.3. The van der Waals surface area contributed by atoms with E-state index in [2.05, 4.69) is 10.6 Å². The molecule has 0 aromatic carbocycles. The van der Waals surface area contributed by atoms with E-state index in [4.69, 9.17) is 0 Å². The minimum absolute atomic E-state index is 0. The molecule has 1 aliphatic heterocycles. The minimum atomic E-state index is 0. The van der Waals surface area contributed by atoms with E-state index in [1.165, 1.54) is 0 Å². The summed E-state index contributed by atoms with van der Waals surface area (Å²) < 4.78 is 0. The maximum atomic E-state index is 3.72. The zero-order chi connectivity index (χ0) is 4.24. The summed E-state index contributed by atoms with van der Waals surface area (Å²) >= 11 is 0. The molecule has 0 bridgehead atoms. The predicted molar refractivity (Wildman–Crippen MR) is 30.3 cm³/mol. The Bertz CT molecular complexity index is 71.8. The molecule has 2 N–H and O–H groups in total. The van der Waals surface area contributed by atoms with E-state index < -0.39 is 0 Å². The van der Waals surface area contributed by atoms with Crippen molar-refractivity contribution in [3.05, 3.63) is 41.6 Å². The smallest absolute Gasteiger partial charge is 0.693 e. The summed E-state index contributed by atoms with van der Waals surface area (Å²) in [5.74, 6) is 0. The molecule has 0 fully saturated rings. The summed E-state index contributed by atoms with van der Waals surface area (Å²) in [6.45, 7) is 0. The van der Waals surface area contributed by atoms with E-state index in [0.29, 0.717) is 0 Å². The normalized spacial score (nSPS) is 10.7. The molecule has 1 aliphatic rings. The zero-order valence-electron chi connectivity index (χ0n) is 4.38. The second-order valence-corrected chi connectivity index (χ2v) is 0.894. The van der Waals surface area contributed by atoms with Crippen LogP contribution in [-0.4, -0.2) is 0 Å². The molecular formula is C4H6Ag2N3-. The topological polar surface area (TPSA) is 61.7 Å². The molecule has 0 spiro atoms. The Balaban J connectivity index is -0.000000120. The Kier molecular flexibility index (Phi) is 20.5. The number of rotatable bonds is 0. The third-order valence-corrected chi connectivity index (χ3v) is 0.478. The molecule has 0 aromatic heterocycles. The van der Waals surface area contributed by atoms with Crippen molar-refractivity contribution in [2.45, 2.75) is 0 Å². The Morgan fingerprint density at radius 2 is 0.889 bits per heavy atom. The van der Waals surface area contributed by atoms with Crippen molar-refractivity contribution in [1.82, 2.24) is 0 Å². The first-order valence-corrected chi connectivity index (χ1v) is 1.70. The molecule has 60 valence electrons. The zero-order valence-corrected chi connectivity index (χ0v) is 7.35. The van der Waals surface area contributed by atoms with Gasteiger partial charge in [-0.3, -0.25) is 0 Å². The van der Waals surface area contributed by atoms with Gasteiger partial charge in [-0.25, -0.2) is 0 Å². The summed E-state index contributed by atoms with van der Waals surface area (Å²) in [6.07, 6.45) is 6.56. The number of nitrogens with two attached hydrogens (primary N) is 1. The van der Waals surface area contributed by atoms with E-state index in [-0.39, 0.29) is 50.9 Å². The van der Waals surface area contributed by atoms with Crippen molar-refractivity contribution in [1.29, 1.82) is 0 Å². The first-order chi connectivity index (χ1) is 3.00. The predicted octanol–water partition coefficient (Wildman–Crippen LogP) is 2.40. The van der Waals surface area contributed by atoms with Crippen molar-refractivity contribution in [3.63, 3.8) is 0 Å². The number of hydrogen-bond acceptors (Lipinski definition) is 0. The molecule has 5 heteroatoms. The van der Waals surface area contributed by atoms with E-state index in [0.717, 1.165) is 0 Å². The van der Waals surface area contributed by atoms with E-state index in [1.54, 1.807) is 24.8 Å². The monoisotopic (exact) mass is 310 g/mol. The minimum Gasteiger partial charge on any atom is -0.693 e. The van der Waals surface area contributed by atoms with E-state index in [1.807, 2.05) is 0 Å². The Hall–Kier alpha value is 0.521. The van der Waals surface area contributed by atoms with Gasteiger partial charge in [0, 0.05) is 0 Å². The molecular weight excluding hydrogens is 306 g/mol. The molecule has 0 radical (unpaired) electrons. The summed E-state index contributed by atoms with van der Waals surface area (Å²) in [6, 6.07) is 0. The maximum Gasteiger partial charge on any atom is 1.00 e. The molecule has 0 aromatic rings. The van der Waals surface area contributed by atoms with Gasteiger partial charge in [0.1, 0.15) is 0 Å². The fraction of sp³-hybridized carbons (Fsp3) is 0. The van der Waals surface area contributed by atoms with Crippen LogP contribution in [0.15, 0.2) is 24.8 Å². The standard InChI is InChI=1S/C4H4N2.2Ag.H2N/c1-2-6-4-3-5-1;;;/h1-4H;;;1H2/q-2;2*+1;-1. The van der Waals surface area contributed by atoms with Crippen molar-refractivity contribution in [2.24, 2.45) is 0 Å². The van der Waals surface area contributed by atoms with Crippen LogP contribution in [0.5, 0.6) is 0 Å². The van der Waals surface area contributed by atoms with Gasteiger partial charge in [0.25, 0.3) is 0 Å². The Labute approximate surface area is 86.0 Å². The van der Waals surface area contributed by atoms with Crippen LogP contribution in [0, 0.1) is 0 Å². The SMILES string of the molecule is C1=C[N-]C=C[N-]1.[Ag+].[Ag+].[NH2-]. The summed E-state index contributed by atoms with van der Waals surface area (Å²) in [7, 11) is 0. The molecule has 0 atom stereocenters. The molecule has 0 saturated carbocycles. The molecule has 0 amide bonds. The van der Waals surface area contributed by atoms with Gasteiger partial charge in [-0.15, -0.1) is 0 Å². The summed E-state index contributed by atoms with van der Waals surface area (Å²) in [4.78, 5) is 0. The summed E-state index contributed by atoms with van der Waals surface area (Å²) in [5, 5.41) is 7.44. The van der Waals surface area contributed by atoms with Crippen LogP contribution in [-0.2, 0) is 44.8 Å². The first kappa shape index (κ1) is 16.3. The van der Waals surface area contributed by atoms with Gasteiger partial charge in [-0.1, -0.05) is 0 Å². The van der Waals surface area contributed by atoms with E-state index >= 15 is 0 Å². The van der Waals surface area contributed by atoms with Crippen LogP contribution in [0.2, 0.25) is 0 Å². The van der Waals surface area contributed by atoms with Gasteiger partial charge in [-0.05, 0) is 0 Å². The van der Waals surface area contributed by atoms with Crippen LogP contribution in [0.25, 0.3) is 16.8 Å². The fourth-order valence-corrected chi connectivity index (χ4v) is 0.253. The Morgan fingerprint density at radius 3 is 1.00 bits per heavy atom. The van der Waals surface area contributed by atoms with Gasteiger partial charge >= 0.3 is 44.8 Å². The average molecular weight is 312 g/mol. The molecule has 1 heterocycles. The molecule has 1 rings (SSSR count). The van der Waals surface area contributed by atoms with Crippen molar-refractivity contribution >= 4 is 0 Å². The van der Waals surface area contributed by atoms with Gasteiger partial charge < -0.3 is 16.8 Å². The van der Waals surface area contributed by atoms with Gasteiger partial charge in [0.2, 0.25) is 0 Å². The fourth-order valence-electron chi connectivity index (χ4n) is 0.253. The Morgan fingerprint density at radius 1 is 0.667 bits per heavy atom. The van der Waals surface area contributed by atoms with E-state index in [9.17, 15) is 0 Å². The largest absolute Gasteiger partial charge is 1.00 e. The molecule has 0 unspecified atom stereocenters. The third kappa shape index (κ3) is 8.52. The first-order valence-electron chi connectivity index (χ1n) is 1.70. The van der Waals surface area contributed by atoms with Crippen molar-refractivity contribution in [2.75, 3.05) is 0 Å². The van der Waals surface area contributed by atoms with Crippen LogP contribution >= 0.6 is 0 Å². The van der Waals surface area contributed by atoms with Crippen LogP contribution < -0.4 is 0 Å². The van der Waals surface area contributed by atoms with Gasteiger partial charge in [-0.2, -0.15) is 24.8 Å². The molecule has 0 saturated heterocycles. The summed E-state index contributed by atoms with van der Waals surface area (Å²) in [5.41, 5.74) is 0. The van der Waals surface area contributed by atoms with Gasteiger partial charge in [0.05, 0.1) is 0 Å². The third-order valence-electron chi connectivity index (χ3n) is 0.478. The number of hydrogen-bond donors (Lipinski definition) is 0. The van der Waals surface area contributed by atoms with Gasteiger partial charge in [0.15, 0.2) is 0 Å². The number of nitrogens with zero attached hydrogens (tertiary/aromatic N) is 2. The van der Waals surface area contributed by atoms with Crippen LogP contribution in [0.3, 0.4) is 0 Å². The van der Waals surface area contributed by atoms with Crippen molar-refractivity contribution in [3.8, 4) is 0 Å². The second-order valence-electron chi connectivity index (χ2n) is 0.894. The molecule has 3 nitrogen and oxygen atoms in total.